The number of nitrogens with zero attached hydrogens (tertiary/aromatic N) is 2. The van der Waals surface area contributed by atoms with E-state index in [1.807, 2.05) is 0 Å². The molecule has 2 heterocycles. The standard InChI is InChI=1S/C17H12F3N3O4/c18-17(19,20)12-9-22(16(27)21-13(12)24)7-3-4-8-23-14(25)10-5-1-2-6-11(10)15(23)26/h1-6,9H,7-8H2,(H,21,24,27)/b4-3-. The van der Waals surface area contributed by atoms with Crippen LogP contribution in [0.4, 0.5) is 13.2 Å². The zero-order chi connectivity index (χ0) is 19.8. The predicted octanol–water partition coefficient (Wildman–Crippen LogP) is 1.41. The second-order valence-electron chi connectivity index (χ2n) is 5.69. The van der Waals surface area contributed by atoms with Crippen molar-refractivity contribution in [1.82, 2.24) is 14.5 Å². The summed E-state index contributed by atoms with van der Waals surface area (Å²) in [5.41, 5.74) is -3.45. The van der Waals surface area contributed by atoms with Crippen molar-refractivity contribution in [2.24, 2.45) is 0 Å². The molecular weight excluding hydrogens is 367 g/mol. The largest absolute Gasteiger partial charge is 0.423 e. The van der Waals surface area contributed by atoms with E-state index < -0.39 is 34.8 Å². The van der Waals surface area contributed by atoms with Crippen LogP contribution in [0.3, 0.4) is 0 Å². The van der Waals surface area contributed by atoms with Crippen molar-refractivity contribution in [3.63, 3.8) is 0 Å². The van der Waals surface area contributed by atoms with E-state index in [0.29, 0.717) is 10.8 Å². The van der Waals surface area contributed by atoms with Gasteiger partial charge in [-0.25, -0.2) is 4.79 Å². The van der Waals surface area contributed by atoms with Gasteiger partial charge in [-0.3, -0.25) is 28.8 Å². The van der Waals surface area contributed by atoms with E-state index in [1.165, 1.54) is 24.3 Å². The normalized spacial score (nSPS) is 14.3. The maximum absolute atomic E-state index is 12.7. The number of carbonyl (C=O) groups excluding carboxylic acids is 2. The number of nitrogens with one attached hydrogen (secondary N) is 1. The van der Waals surface area contributed by atoms with Gasteiger partial charge in [0.05, 0.1) is 11.1 Å². The molecule has 1 aromatic carbocycles. The number of carbonyl (C=O) groups is 2. The summed E-state index contributed by atoms with van der Waals surface area (Å²) in [6.07, 6.45) is -1.77. The van der Waals surface area contributed by atoms with E-state index in [9.17, 15) is 32.3 Å². The number of amides is 2. The Kier molecular flexibility index (Phi) is 4.56. The Bertz CT molecular complexity index is 1030. The van der Waals surface area contributed by atoms with Crippen LogP contribution >= 0.6 is 0 Å². The van der Waals surface area contributed by atoms with Crippen molar-refractivity contribution in [2.75, 3.05) is 6.54 Å². The highest BCUT2D eigenvalue weighted by atomic mass is 19.4. The monoisotopic (exact) mass is 379 g/mol. The number of hydrogen-bond donors (Lipinski definition) is 1. The topological polar surface area (TPSA) is 92.2 Å². The molecule has 7 nitrogen and oxygen atoms in total. The number of aromatic nitrogens is 2. The molecule has 0 saturated heterocycles. The van der Waals surface area contributed by atoms with Crippen molar-refractivity contribution in [1.29, 1.82) is 0 Å². The number of hydrogen-bond acceptors (Lipinski definition) is 4. The summed E-state index contributed by atoms with van der Waals surface area (Å²) in [6.45, 7) is -0.377. The lowest BCUT2D eigenvalue weighted by Gasteiger charge is -2.11. The van der Waals surface area contributed by atoms with Crippen LogP contribution in [-0.2, 0) is 12.7 Å². The zero-order valence-corrected chi connectivity index (χ0v) is 13.6. The Morgan fingerprint density at radius 2 is 1.48 bits per heavy atom. The Balaban J connectivity index is 1.73. The number of H-pyrrole nitrogens is 1. The highest BCUT2D eigenvalue weighted by Gasteiger charge is 2.35. The van der Waals surface area contributed by atoms with Crippen LogP contribution in [0.15, 0.2) is 52.2 Å². The molecule has 2 amide bonds. The van der Waals surface area contributed by atoms with E-state index in [0.717, 1.165) is 4.90 Å². The highest BCUT2D eigenvalue weighted by Crippen LogP contribution is 2.25. The molecule has 10 heteroatoms. The second-order valence-corrected chi connectivity index (χ2v) is 5.69. The zero-order valence-electron chi connectivity index (χ0n) is 13.6. The van der Waals surface area contributed by atoms with Crippen LogP contribution in [0.2, 0.25) is 0 Å². The van der Waals surface area contributed by atoms with E-state index in [1.54, 1.807) is 17.1 Å². The van der Waals surface area contributed by atoms with Gasteiger partial charge in [-0.15, -0.1) is 0 Å². The highest BCUT2D eigenvalue weighted by molar-refractivity contribution is 6.21. The van der Waals surface area contributed by atoms with Crippen molar-refractivity contribution < 1.29 is 22.8 Å². The minimum absolute atomic E-state index is 0.101. The van der Waals surface area contributed by atoms with Gasteiger partial charge in [0.25, 0.3) is 17.4 Å². The second kappa shape index (κ2) is 6.71. The number of fused-ring (bicyclic) bond motifs is 1. The molecule has 3 rings (SSSR count). The first-order chi connectivity index (χ1) is 12.7. The molecule has 0 aliphatic carbocycles. The Morgan fingerprint density at radius 3 is 2.04 bits per heavy atom. The fourth-order valence-corrected chi connectivity index (χ4v) is 2.62. The molecule has 0 radical (unpaired) electrons. The SMILES string of the molecule is O=C1c2ccccc2C(=O)N1C/C=C\Cn1cc(C(F)(F)F)c(=O)[nH]c1=O. The van der Waals surface area contributed by atoms with Crippen LogP contribution in [0, 0.1) is 0 Å². The van der Waals surface area contributed by atoms with Crippen LogP contribution < -0.4 is 11.2 Å². The van der Waals surface area contributed by atoms with E-state index in [4.69, 9.17) is 0 Å². The molecule has 0 fully saturated rings. The lowest BCUT2D eigenvalue weighted by Crippen LogP contribution is -2.34. The van der Waals surface area contributed by atoms with Gasteiger partial charge >= 0.3 is 11.9 Å². The van der Waals surface area contributed by atoms with Crippen molar-refractivity contribution in [2.45, 2.75) is 12.7 Å². The lowest BCUT2D eigenvalue weighted by atomic mass is 10.1. The molecule has 0 atom stereocenters. The summed E-state index contributed by atoms with van der Waals surface area (Å²) in [5.74, 6) is -0.943. The minimum Gasteiger partial charge on any atom is -0.296 e. The average molecular weight is 379 g/mol. The number of rotatable bonds is 4. The summed E-state index contributed by atoms with van der Waals surface area (Å²) in [6, 6.07) is 6.31. The molecule has 1 N–H and O–H groups in total. The summed E-state index contributed by atoms with van der Waals surface area (Å²) >= 11 is 0. The molecule has 0 unspecified atom stereocenters. The quantitative estimate of drug-likeness (QED) is 0.642. The number of allylic oxidation sites excluding steroid dienone is 1. The molecule has 0 bridgehead atoms. The van der Waals surface area contributed by atoms with Gasteiger partial charge in [-0.05, 0) is 12.1 Å². The van der Waals surface area contributed by atoms with Gasteiger partial charge in [0.15, 0.2) is 0 Å². The smallest absolute Gasteiger partial charge is 0.296 e. The molecule has 1 aliphatic heterocycles. The number of alkyl halides is 3. The van der Waals surface area contributed by atoms with Crippen LogP contribution in [0.1, 0.15) is 26.3 Å². The molecule has 0 saturated carbocycles. The van der Waals surface area contributed by atoms with E-state index >= 15 is 0 Å². The number of imide groups is 1. The van der Waals surface area contributed by atoms with E-state index in [2.05, 4.69) is 0 Å². The van der Waals surface area contributed by atoms with Crippen LogP contribution in [0.25, 0.3) is 0 Å². The van der Waals surface area contributed by atoms with Crippen molar-refractivity contribution in [3.8, 4) is 0 Å². The summed E-state index contributed by atoms with van der Waals surface area (Å²) in [4.78, 5) is 49.8. The Morgan fingerprint density at radius 1 is 0.926 bits per heavy atom. The number of benzene rings is 1. The fourth-order valence-electron chi connectivity index (χ4n) is 2.62. The molecule has 1 aliphatic rings. The predicted molar refractivity (Wildman–Crippen MR) is 87.3 cm³/mol. The van der Waals surface area contributed by atoms with E-state index in [-0.39, 0.29) is 24.2 Å². The van der Waals surface area contributed by atoms with Crippen LogP contribution in [-0.4, -0.2) is 32.8 Å². The molecule has 140 valence electrons. The first-order valence-electron chi connectivity index (χ1n) is 7.71. The summed E-state index contributed by atoms with van der Waals surface area (Å²) < 4.78 is 38.9. The first kappa shape index (κ1) is 18.4. The molecule has 0 spiro atoms. The lowest BCUT2D eigenvalue weighted by molar-refractivity contribution is -0.139. The Labute approximate surface area is 149 Å². The maximum atomic E-state index is 12.7. The molecule has 1 aromatic heterocycles. The maximum Gasteiger partial charge on any atom is 0.423 e. The molecule has 2 aromatic rings. The third-order valence-electron chi connectivity index (χ3n) is 3.95. The molecule has 27 heavy (non-hydrogen) atoms. The minimum atomic E-state index is -4.90. The van der Waals surface area contributed by atoms with Gasteiger partial charge in [0, 0.05) is 19.3 Å². The number of halogens is 3. The third kappa shape index (κ3) is 3.46. The third-order valence-corrected chi connectivity index (χ3v) is 3.95. The van der Waals surface area contributed by atoms with Gasteiger partial charge in [-0.1, -0.05) is 24.3 Å². The van der Waals surface area contributed by atoms with Crippen LogP contribution in [0.5, 0.6) is 0 Å². The molecular formula is C17H12F3N3O4. The van der Waals surface area contributed by atoms with Gasteiger partial charge < -0.3 is 0 Å². The Hall–Kier alpha value is -3.43. The number of aromatic amines is 1. The van der Waals surface area contributed by atoms with Crippen molar-refractivity contribution >= 4 is 11.8 Å². The van der Waals surface area contributed by atoms with Gasteiger partial charge in [0.2, 0.25) is 0 Å². The fraction of sp³-hybridized carbons (Fsp3) is 0.176. The van der Waals surface area contributed by atoms with Gasteiger partial charge in [-0.2, -0.15) is 13.2 Å². The summed E-state index contributed by atoms with van der Waals surface area (Å²) in [5, 5.41) is 0. The van der Waals surface area contributed by atoms with Crippen molar-refractivity contribution in [3.05, 3.63) is 80.1 Å². The van der Waals surface area contributed by atoms with Gasteiger partial charge in [0.1, 0.15) is 5.56 Å². The average Bonchev–Trinajstić information content (AvgIpc) is 2.84. The first-order valence-corrected chi connectivity index (χ1v) is 7.71. The summed E-state index contributed by atoms with van der Waals surface area (Å²) in [7, 11) is 0.